The summed E-state index contributed by atoms with van der Waals surface area (Å²) >= 11 is 2.03. The Hall–Kier alpha value is 0.560. The third kappa shape index (κ3) is 2.51. The summed E-state index contributed by atoms with van der Waals surface area (Å²) in [5.41, 5.74) is 0. The van der Waals surface area contributed by atoms with Gasteiger partial charge < -0.3 is 10.1 Å². The summed E-state index contributed by atoms with van der Waals surface area (Å²) < 4.78 is 5.26. The van der Waals surface area contributed by atoms with E-state index in [9.17, 15) is 0 Å². The van der Waals surface area contributed by atoms with Crippen LogP contribution in [0.15, 0.2) is 0 Å². The highest BCUT2D eigenvalue weighted by Crippen LogP contribution is 2.19. The zero-order valence-electron chi connectivity index (χ0n) is 6.41. The summed E-state index contributed by atoms with van der Waals surface area (Å²) in [6, 6.07) is 1.45. The van der Waals surface area contributed by atoms with Gasteiger partial charge in [0.2, 0.25) is 0 Å². The molecule has 1 atom stereocenters. The molecule has 1 unspecified atom stereocenters. The standard InChI is InChI=1S/C7H13NOS.ClH/c1-2-9-3-6(1)8-7-4-10-5-7;/h6-8H,1-5H2;1H. The summed E-state index contributed by atoms with van der Waals surface area (Å²) in [6.07, 6.45) is 1.21. The summed E-state index contributed by atoms with van der Waals surface area (Å²) in [4.78, 5) is 0. The van der Waals surface area contributed by atoms with Crippen LogP contribution in [0.25, 0.3) is 0 Å². The third-order valence-electron chi connectivity index (χ3n) is 2.04. The Morgan fingerprint density at radius 3 is 2.55 bits per heavy atom. The van der Waals surface area contributed by atoms with E-state index in [1.54, 1.807) is 0 Å². The molecule has 2 heterocycles. The zero-order chi connectivity index (χ0) is 6.81. The van der Waals surface area contributed by atoms with E-state index >= 15 is 0 Å². The number of halogens is 1. The molecular formula is C7H14ClNOS. The van der Waals surface area contributed by atoms with Crippen molar-refractivity contribution in [1.82, 2.24) is 5.32 Å². The van der Waals surface area contributed by atoms with Crippen molar-refractivity contribution in [1.29, 1.82) is 0 Å². The maximum Gasteiger partial charge on any atom is 0.0620 e. The largest absolute Gasteiger partial charge is 0.380 e. The van der Waals surface area contributed by atoms with Gasteiger partial charge in [-0.2, -0.15) is 11.8 Å². The zero-order valence-corrected chi connectivity index (χ0v) is 8.05. The minimum Gasteiger partial charge on any atom is -0.380 e. The van der Waals surface area contributed by atoms with Crippen LogP contribution in [-0.2, 0) is 4.74 Å². The molecule has 0 radical (unpaired) electrons. The maximum atomic E-state index is 5.26. The molecule has 2 saturated heterocycles. The quantitative estimate of drug-likeness (QED) is 0.708. The van der Waals surface area contributed by atoms with Crippen LogP contribution in [0.3, 0.4) is 0 Å². The first-order chi connectivity index (χ1) is 4.95. The van der Waals surface area contributed by atoms with Gasteiger partial charge in [0.25, 0.3) is 0 Å². The van der Waals surface area contributed by atoms with E-state index in [2.05, 4.69) is 5.32 Å². The van der Waals surface area contributed by atoms with Crippen LogP contribution < -0.4 is 5.32 Å². The van der Waals surface area contributed by atoms with E-state index in [1.807, 2.05) is 11.8 Å². The lowest BCUT2D eigenvalue weighted by Gasteiger charge is -2.28. The third-order valence-corrected chi connectivity index (χ3v) is 3.32. The molecule has 66 valence electrons. The first kappa shape index (κ1) is 9.65. The molecule has 4 heteroatoms. The molecule has 2 aliphatic rings. The van der Waals surface area contributed by atoms with Crippen molar-refractivity contribution in [3.05, 3.63) is 0 Å². The topological polar surface area (TPSA) is 21.3 Å². The van der Waals surface area contributed by atoms with Crippen molar-refractivity contribution in [3.63, 3.8) is 0 Å². The Morgan fingerprint density at radius 2 is 2.09 bits per heavy atom. The Kier molecular flexibility index (Phi) is 3.99. The summed E-state index contributed by atoms with van der Waals surface area (Å²) in [5.74, 6) is 2.60. The molecule has 0 aliphatic carbocycles. The van der Waals surface area contributed by atoms with Crippen molar-refractivity contribution in [3.8, 4) is 0 Å². The second-order valence-corrected chi connectivity index (χ2v) is 4.04. The predicted molar refractivity (Wildman–Crippen MR) is 50.7 cm³/mol. The highest BCUT2D eigenvalue weighted by Gasteiger charge is 2.23. The second-order valence-electron chi connectivity index (χ2n) is 2.96. The highest BCUT2D eigenvalue weighted by molar-refractivity contribution is 8.00. The van der Waals surface area contributed by atoms with Gasteiger partial charge in [0.1, 0.15) is 0 Å². The average molecular weight is 196 g/mol. The van der Waals surface area contributed by atoms with E-state index in [-0.39, 0.29) is 12.4 Å². The van der Waals surface area contributed by atoms with Crippen molar-refractivity contribution in [2.24, 2.45) is 0 Å². The molecule has 0 aromatic carbocycles. The number of hydrogen-bond donors (Lipinski definition) is 1. The molecule has 0 bridgehead atoms. The second kappa shape index (κ2) is 4.55. The van der Waals surface area contributed by atoms with Gasteiger partial charge >= 0.3 is 0 Å². The first-order valence-corrected chi connectivity index (χ1v) is 5.02. The van der Waals surface area contributed by atoms with Crippen molar-refractivity contribution < 1.29 is 4.74 Å². The van der Waals surface area contributed by atoms with E-state index in [0.717, 1.165) is 19.3 Å². The molecule has 0 saturated carbocycles. The van der Waals surface area contributed by atoms with E-state index in [0.29, 0.717) is 6.04 Å². The molecule has 2 rings (SSSR count). The smallest absolute Gasteiger partial charge is 0.0620 e. The number of rotatable bonds is 2. The lowest BCUT2D eigenvalue weighted by Crippen LogP contribution is -2.46. The van der Waals surface area contributed by atoms with Gasteiger partial charge in [0, 0.05) is 30.2 Å². The van der Waals surface area contributed by atoms with Gasteiger partial charge in [-0.1, -0.05) is 0 Å². The fourth-order valence-electron chi connectivity index (χ4n) is 1.33. The van der Waals surface area contributed by atoms with Gasteiger partial charge in [0.15, 0.2) is 0 Å². The molecule has 2 nitrogen and oxygen atoms in total. The number of hydrogen-bond acceptors (Lipinski definition) is 3. The predicted octanol–water partition coefficient (Wildman–Crippen LogP) is 0.902. The van der Waals surface area contributed by atoms with Crippen LogP contribution in [0.1, 0.15) is 6.42 Å². The van der Waals surface area contributed by atoms with Crippen LogP contribution >= 0.6 is 24.2 Å². The minimum absolute atomic E-state index is 0. The fourth-order valence-corrected chi connectivity index (χ4v) is 2.00. The molecule has 1 N–H and O–H groups in total. The van der Waals surface area contributed by atoms with Crippen LogP contribution in [0.4, 0.5) is 0 Å². The Balaban J connectivity index is 0.000000605. The average Bonchev–Trinajstić information content (AvgIpc) is 2.29. The summed E-state index contributed by atoms with van der Waals surface area (Å²) in [6.45, 7) is 1.89. The van der Waals surface area contributed by atoms with E-state index < -0.39 is 0 Å². The highest BCUT2D eigenvalue weighted by atomic mass is 35.5. The van der Waals surface area contributed by atoms with Crippen molar-refractivity contribution >= 4 is 24.2 Å². The Labute approximate surface area is 77.9 Å². The van der Waals surface area contributed by atoms with Gasteiger partial charge in [-0.25, -0.2) is 0 Å². The van der Waals surface area contributed by atoms with Crippen molar-refractivity contribution in [2.75, 3.05) is 24.7 Å². The number of nitrogens with one attached hydrogen (secondary N) is 1. The number of thioether (sulfide) groups is 1. The minimum atomic E-state index is 0. The first-order valence-electron chi connectivity index (χ1n) is 3.87. The molecule has 0 aromatic rings. The van der Waals surface area contributed by atoms with E-state index in [4.69, 9.17) is 4.74 Å². The Bertz CT molecular complexity index is 115. The normalized spacial score (nSPS) is 31.1. The molecule has 11 heavy (non-hydrogen) atoms. The van der Waals surface area contributed by atoms with Crippen molar-refractivity contribution in [2.45, 2.75) is 18.5 Å². The molecule has 2 aliphatic heterocycles. The fraction of sp³-hybridized carbons (Fsp3) is 1.00. The van der Waals surface area contributed by atoms with Gasteiger partial charge in [0.05, 0.1) is 6.61 Å². The lowest BCUT2D eigenvalue weighted by molar-refractivity contribution is 0.188. The molecule has 2 fully saturated rings. The van der Waals surface area contributed by atoms with Gasteiger partial charge in [-0.15, -0.1) is 12.4 Å². The SMILES string of the molecule is C1CC(NC2CSC2)CO1.Cl. The van der Waals surface area contributed by atoms with Gasteiger partial charge in [-0.3, -0.25) is 0 Å². The molecule has 0 amide bonds. The molecular weight excluding hydrogens is 182 g/mol. The van der Waals surface area contributed by atoms with Crippen LogP contribution in [0.2, 0.25) is 0 Å². The lowest BCUT2D eigenvalue weighted by atomic mass is 10.2. The van der Waals surface area contributed by atoms with Crippen LogP contribution in [0, 0.1) is 0 Å². The van der Waals surface area contributed by atoms with Crippen LogP contribution in [0.5, 0.6) is 0 Å². The Morgan fingerprint density at radius 1 is 1.27 bits per heavy atom. The number of ether oxygens (including phenoxy) is 1. The molecule has 0 aromatic heterocycles. The maximum absolute atomic E-state index is 5.26. The summed E-state index contributed by atoms with van der Waals surface area (Å²) in [5, 5.41) is 3.57. The van der Waals surface area contributed by atoms with Crippen LogP contribution in [-0.4, -0.2) is 36.8 Å². The van der Waals surface area contributed by atoms with E-state index in [1.165, 1.54) is 17.9 Å². The van der Waals surface area contributed by atoms with Gasteiger partial charge in [-0.05, 0) is 6.42 Å². The molecule has 0 spiro atoms. The monoisotopic (exact) mass is 195 g/mol. The summed E-state index contributed by atoms with van der Waals surface area (Å²) in [7, 11) is 0.